The molecule has 0 bridgehead atoms. The van der Waals surface area contributed by atoms with Gasteiger partial charge in [-0.3, -0.25) is 0 Å². The van der Waals surface area contributed by atoms with E-state index in [1.165, 1.54) is 0 Å². The van der Waals surface area contributed by atoms with Crippen LogP contribution < -0.4 is 0 Å². The van der Waals surface area contributed by atoms with E-state index in [2.05, 4.69) is 25.8 Å². The zero-order valence-electron chi connectivity index (χ0n) is 8.95. The number of hydrogen-bond acceptors (Lipinski definition) is 3. The van der Waals surface area contributed by atoms with Gasteiger partial charge >= 0.3 is 0 Å². The molecule has 0 aromatic carbocycles. The summed E-state index contributed by atoms with van der Waals surface area (Å²) in [4.78, 5) is 2.30. The van der Waals surface area contributed by atoms with Crippen LogP contribution in [0, 0.1) is 0 Å². The molecule has 0 aliphatic carbocycles. The normalized spacial score (nSPS) is 26.3. The predicted molar refractivity (Wildman–Crippen MR) is 52.9 cm³/mol. The van der Waals surface area contributed by atoms with Gasteiger partial charge in [0.15, 0.2) is 0 Å². The molecule has 3 nitrogen and oxygen atoms in total. The van der Waals surface area contributed by atoms with Gasteiger partial charge in [-0.2, -0.15) is 0 Å². The Morgan fingerprint density at radius 1 is 1.46 bits per heavy atom. The molecule has 1 aliphatic rings. The van der Waals surface area contributed by atoms with Crippen molar-refractivity contribution in [3.8, 4) is 0 Å². The standard InChI is InChI=1S/C10H21NO2/c1-9(2)13-8-10-4-5-11(3)6-7-12-10/h9-10H,4-8H2,1-3H3. The largest absolute Gasteiger partial charge is 0.376 e. The molecule has 1 unspecified atom stereocenters. The van der Waals surface area contributed by atoms with Gasteiger partial charge in [0.2, 0.25) is 0 Å². The molecule has 1 fully saturated rings. The summed E-state index contributed by atoms with van der Waals surface area (Å²) in [6.07, 6.45) is 1.69. The average Bonchev–Trinajstić information content (AvgIpc) is 2.27. The third-order valence-electron chi connectivity index (χ3n) is 2.27. The highest BCUT2D eigenvalue weighted by atomic mass is 16.5. The van der Waals surface area contributed by atoms with Crippen LogP contribution in [0.5, 0.6) is 0 Å². The summed E-state index contributed by atoms with van der Waals surface area (Å²) in [6, 6.07) is 0. The van der Waals surface area contributed by atoms with Crippen molar-refractivity contribution in [3.63, 3.8) is 0 Å². The van der Waals surface area contributed by atoms with E-state index in [4.69, 9.17) is 9.47 Å². The molecule has 0 amide bonds. The molecule has 0 spiro atoms. The van der Waals surface area contributed by atoms with E-state index in [-0.39, 0.29) is 0 Å². The molecular formula is C10H21NO2. The number of hydrogen-bond donors (Lipinski definition) is 0. The summed E-state index contributed by atoms with van der Waals surface area (Å²) in [7, 11) is 2.13. The summed E-state index contributed by atoms with van der Waals surface area (Å²) < 4.78 is 11.2. The predicted octanol–water partition coefficient (Wildman–Crippen LogP) is 1.13. The molecule has 78 valence electrons. The zero-order chi connectivity index (χ0) is 9.68. The molecule has 1 heterocycles. The van der Waals surface area contributed by atoms with Gasteiger partial charge in [-0.05, 0) is 27.3 Å². The van der Waals surface area contributed by atoms with E-state index >= 15 is 0 Å². The molecule has 13 heavy (non-hydrogen) atoms. The van der Waals surface area contributed by atoms with Crippen molar-refractivity contribution in [2.24, 2.45) is 0 Å². The third-order valence-corrected chi connectivity index (χ3v) is 2.27. The molecule has 1 aliphatic heterocycles. The first-order valence-electron chi connectivity index (χ1n) is 5.10. The van der Waals surface area contributed by atoms with Gasteiger partial charge in [-0.25, -0.2) is 0 Å². The maximum Gasteiger partial charge on any atom is 0.0821 e. The lowest BCUT2D eigenvalue weighted by atomic mass is 10.2. The van der Waals surface area contributed by atoms with Gasteiger partial charge in [-0.1, -0.05) is 0 Å². The van der Waals surface area contributed by atoms with E-state index in [0.29, 0.717) is 12.2 Å². The van der Waals surface area contributed by atoms with Crippen molar-refractivity contribution < 1.29 is 9.47 Å². The fourth-order valence-corrected chi connectivity index (χ4v) is 1.37. The lowest BCUT2D eigenvalue weighted by Crippen LogP contribution is -2.23. The molecule has 0 radical (unpaired) electrons. The van der Waals surface area contributed by atoms with Crippen LogP contribution >= 0.6 is 0 Å². The van der Waals surface area contributed by atoms with Gasteiger partial charge in [0.25, 0.3) is 0 Å². The minimum Gasteiger partial charge on any atom is -0.376 e. The fourth-order valence-electron chi connectivity index (χ4n) is 1.37. The van der Waals surface area contributed by atoms with Crippen molar-refractivity contribution in [1.29, 1.82) is 0 Å². The van der Waals surface area contributed by atoms with Crippen LogP contribution in [0.3, 0.4) is 0 Å². The van der Waals surface area contributed by atoms with Crippen LogP contribution in [0.1, 0.15) is 20.3 Å². The van der Waals surface area contributed by atoms with E-state index in [1.807, 2.05) is 0 Å². The van der Waals surface area contributed by atoms with Crippen LogP contribution in [0.4, 0.5) is 0 Å². The van der Waals surface area contributed by atoms with E-state index in [0.717, 1.165) is 32.7 Å². The van der Waals surface area contributed by atoms with E-state index in [9.17, 15) is 0 Å². The average molecular weight is 187 g/mol. The van der Waals surface area contributed by atoms with Gasteiger partial charge in [0, 0.05) is 13.1 Å². The van der Waals surface area contributed by atoms with E-state index < -0.39 is 0 Å². The highest BCUT2D eigenvalue weighted by Gasteiger charge is 2.15. The molecule has 1 rings (SSSR count). The minimum atomic E-state index is 0.298. The highest BCUT2D eigenvalue weighted by Crippen LogP contribution is 2.06. The second kappa shape index (κ2) is 5.58. The van der Waals surface area contributed by atoms with Crippen LogP contribution in [0.2, 0.25) is 0 Å². The summed E-state index contributed by atoms with van der Waals surface area (Å²) in [5.41, 5.74) is 0. The summed E-state index contributed by atoms with van der Waals surface area (Å²) >= 11 is 0. The SMILES string of the molecule is CC(C)OCC1CCN(C)CCO1. The first-order valence-corrected chi connectivity index (χ1v) is 5.10. The van der Waals surface area contributed by atoms with Crippen LogP contribution in [0.15, 0.2) is 0 Å². The van der Waals surface area contributed by atoms with Gasteiger partial charge in [-0.15, -0.1) is 0 Å². The summed E-state index contributed by atoms with van der Waals surface area (Å²) in [6.45, 7) is 7.85. The maximum atomic E-state index is 5.66. The summed E-state index contributed by atoms with van der Waals surface area (Å²) in [5.74, 6) is 0. The first-order chi connectivity index (χ1) is 6.18. The van der Waals surface area contributed by atoms with E-state index in [1.54, 1.807) is 0 Å². The minimum absolute atomic E-state index is 0.298. The quantitative estimate of drug-likeness (QED) is 0.661. The summed E-state index contributed by atoms with van der Waals surface area (Å²) in [5, 5.41) is 0. The number of ether oxygens (including phenoxy) is 2. The number of rotatable bonds is 3. The maximum absolute atomic E-state index is 5.66. The molecule has 1 saturated heterocycles. The Kier molecular flexibility index (Phi) is 4.70. The zero-order valence-corrected chi connectivity index (χ0v) is 8.95. The van der Waals surface area contributed by atoms with Crippen LogP contribution in [0.25, 0.3) is 0 Å². The van der Waals surface area contributed by atoms with Crippen molar-refractivity contribution in [1.82, 2.24) is 4.90 Å². The van der Waals surface area contributed by atoms with Crippen molar-refractivity contribution in [2.75, 3.05) is 33.4 Å². The molecule has 3 heteroatoms. The lowest BCUT2D eigenvalue weighted by Gasteiger charge is -2.16. The highest BCUT2D eigenvalue weighted by molar-refractivity contribution is 4.65. The molecule has 0 saturated carbocycles. The molecule has 0 aromatic rings. The van der Waals surface area contributed by atoms with Gasteiger partial charge in [0.05, 0.1) is 25.4 Å². The van der Waals surface area contributed by atoms with Crippen molar-refractivity contribution in [3.05, 3.63) is 0 Å². The second-order valence-corrected chi connectivity index (χ2v) is 3.97. The number of likely N-dealkylation sites (N-methyl/N-ethyl adjacent to an activating group) is 1. The molecule has 0 N–H and O–H groups in total. The molecule has 0 aromatic heterocycles. The van der Waals surface area contributed by atoms with Crippen LogP contribution in [-0.4, -0.2) is 50.5 Å². The lowest BCUT2D eigenvalue weighted by molar-refractivity contribution is -0.0299. The fraction of sp³-hybridized carbons (Fsp3) is 1.00. The molecule has 1 atom stereocenters. The Balaban J connectivity index is 2.18. The Morgan fingerprint density at radius 2 is 2.23 bits per heavy atom. The second-order valence-electron chi connectivity index (χ2n) is 3.97. The monoisotopic (exact) mass is 187 g/mol. The number of nitrogens with zero attached hydrogens (tertiary/aromatic N) is 1. The van der Waals surface area contributed by atoms with Gasteiger partial charge < -0.3 is 14.4 Å². The Bertz CT molecular complexity index is 139. The van der Waals surface area contributed by atoms with Crippen molar-refractivity contribution in [2.45, 2.75) is 32.5 Å². The Labute approximate surface area is 81.0 Å². The Hall–Kier alpha value is -0.120. The first kappa shape index (κ1) is 11.0. The smallest absolute Gasteiger partial charge is 0.0821 e. The molecular weight excluding hydrogens is 166 g/mol. The Morgan fingerprint density at radius 3 is 2.92 bits per heavy atom. The van der Waals surface area contributed by atoms with Gasteiger partial charge in [0.1, 0.15) is 0 Å². The topological polar surface area (TPSA) is 21.7 Å². The van der Waals surface area contributed by atoms with Crippen LogP contribution in [-0.2, 0) is 9.47 Å². The van der Waals surface area contributed by atoms with Crippen molar-refractivity contribution >= 4 is 0 Å². The third kappa shape index (κ3) is 4.60.